The molecule has 0 aliphatic heterocycles. The van der Waals surface area contributed by atoms with Crippen LogP contribution >= 0.6 is 24.0 Å². The molecule has 1 aliphatic rings. The standard InChI is InChI=1S/C16H32N4O2.HI/c1-7-17-14(19-12(2)3)18-10-11-20(13-8-9-13)15(21)22-16(4,5)6;/h12-13H,7-11H2,1-6H3,(H2,17,18,19);1H. The predicted octanol–water partition coefficient (Wildman–Crippen LogP) is 2.97. The summed E-state index contributed by atoms with van der Waals surface area (Å²) in [7, 11) is 0. The highest BCUT2D eigenvalue weighted by molar-refractivity contribution is 14.0. The van der Waals surface area contributed by atoms with Gasteiger partial charge in [-0.25, -0.2) is 4.79 Å². The molecule has 1 saturated carbocycles. The smallest absolute Gasteiger partial charge is 0.410 e. The van der Waals surface area contributed by atoms with E-state index in [4.69, 9.17) is 4.74 Å². The largest absolute Gasteiger partial charge is 0.444 e. The van der Waals surface area contributed by atoms with Crippen LogP contribution in [0.2, 0.25) is 0 Å². The van der Waals surface area contributed by atoms with E-state index in [0.29, 0.717) is 25.2 Å². The lowest BCUT2D eigenvalue weighted by Gasteiger charge is -2.27. The van der Waals surface area contributed by atoms with Gasteiger partial charge in [0.25, 0.3) is 0 Å². The van der Waals surface area contributed by atoms with Gasteiger partial charge in [0, 0.05) is 25.2 Å². The first-order chi connectivity index (χ1) is 10.2. The van der Waals surface area contributed by atoms with Crippen molar-refractivity contribution >= 4 is 36.0 Å². The average Bonchev–Trinajstić information content (AvgIpc) is 3.15. The van der Waals surface area contributed by atoms with Gasteiger partial charge < -0.3 is 20.3 Å². The maximum Gasteiger partial charge on any atom is 0.410 e. The lowest BCUT2D eigenvalue weighted by molar-refractivity contribution is 0.0240. The molecule has 7 heteroatoms. The molecule has 0 aromatic rings. The third-order valence-electron chi connectivity index (χ3n) is 3.00. The first-order valence-electron chi connectivity index (χ1n) is 8.27. The summed E-state index contributed by atoms with van der Waals surface area (Å²) in [6.07, 6.45) is 1.90. The number of aliphatic imine (C=N–C) groups is 1. The van der Waals surface area contributed by atoms with Gasteiger partial charge >= 0.3 is 6.09 Å². The van der Waals surface area contributed by atoms with Crippen LogP contribution in [0.3, 0.4) is 0 Å². The number of hydrogen-bond acceptors (Lipinski definition) is 3. The monoisotopic (exact) mass is 440 g/mol. The van der Waals surface area contributed by atoms with E-state index in [2.05, 4.69) is 29.5 Å². The van der Waals surface area contributed by atoms with Crippen LogP contribution in [0.1, 0.15) is 54.4 Å². The minimum absolute atomic E-state index is 0. The molecule has 1 fully saturated rings. The number of ether oxygens (including phenoxy) is 1. The topological polar surface area (TPSA) is 66.0 Å². The molecule has 0 atom stereocenters. The number of guanidine groups is 1. The van der Waals surface area contributed by atoms with Crippen LogP contribution in [-0.4, -0.2) is 54.3 Å². The minimum Gasteiger partial charge on any atom is -0.444 e. The Bertz CT molecular complexity index is 390. The van der Waals surface area contributed by atoms with E-state index in [0.717, 1.165) is 25.3 Å². The third kappa shape index (κ3) is 9.88. The number of halogens is 1. The Kier molecular flexibility index (Phi) is 9.88. The molecule has 136 valence electrons. The summed E-state index contributed by atoms with van der Waals surface area (Å²) < 4.78 is 5.48. The number of nitrogens with one attached hydrogen (secondary N) is 2. The molecule has 2 N–H and O–H groups in total. The van der Waals surface area contributed by atoms with E-state index in [-0.39, 0.29) is 30.1 Å². The average molecular weight is 440 g/mol. The zero-order chi connectivity index (χ0) is 16.8. The second-order valence-corrected chi connectivity index (χ2v) is 6.96. The number of rotatable bonds is 6. The van der Waals surface area contributed by atoms with Gasteiger partial charge in [0.1, 0.15) is 5.60 Å². The van der Waals surface area contributed by atoms with Crippen molar-refractivity contribution in [3.05, 3.63) is 0 Å². The van der Waals surface area contributed by atoms with Crippen molar-refractivity contribution in [2.24, 2.45) is 4.99 Å². The number of nitrogens with zero attached hydrogens (tertiary/aromatic N) is 2. The summed E-state index contributed by atoms with van der Waals surface area (Å²) in [6, 6.07) is 0.647. The highest BCUT2D eigenvalue weighted by Crippen LogP contribution is 2.28. The Labute approximate surface area is 157 Å². The van der Waals surface area contributed by atoms with Gasteiger partial charge in [-0.1, -0.05) is 0 Å². The van der Waals surface area contributed by atoms with E-state index in [1.807, 2.05) is 32.6 Å². The molecule has 0 aromatic heterocycles. The van der Waals surface area contributed by atoms with Gasteiger partial charge in [-0.2, -0.15) is 0 Å². The van der Waals surface area contributed by atoms with E-state index in [9.17, 15) is 4.79 Å². The van der Waals surface area contributed by atoms with Gasteiger partial charge in [-0.15, -0.1) is 24.0 Å². The van der Waals surface area contributed by atoms with Crippen LogP contribution in [0, 0.1) is 0 Å². The van der Waals surface area contributed by atoms with Crippen molar-refractivity contribution in [1.29, 1.82) is 0 Å². The van der Waals surface area contributed by atoms with Crippen molar-refractivity contribution in [2.75, 3.05) is 19.6 Å². The fourth-order valence-corrected chi connectivity index (χ4v) is 1.99. The van der Waals surface area contributed by atoms with Gasteiger partial charge in [0.15, 0.2) is 5.96 Å². The molecule has 0 saturated heterocycles. The first kappa shape index (κ1) is 22.3. The third-order valence-corrected chi connectivity index (χ3v) is 3.00. The van der Waals surface area contributed by atoms with Crippen LogP contribution in [-0.2, 0) is 4.74 Å². The van der Waals surface area contributed by atoms with E-state index in [1.165, 1.54) is 0 Å². The van der Waals surface area contributed by atoms with E-state index in [1.54, 1.807) is 0 Å². The van der Waals surface area contributed by atoms with Gasteiger partial charge in [-0.3, -0.25) is 4.99 Å². The fraction of sp³-hybridized carbons (Fsp3) is 0.875. The summed E-state index contributed by atoms with van der Waals surface area (Å²) >= 11 is 0. The second kappa shape index (κ2) is 10.2. The molecular formula is C16H33IN4O2. The quantitative estimate of drug-likeness (QED) is 0.379. The van der Waals surface area contributed by atoms with Crippen LogP contribution < -0.4 is 10.6 Å². The lowest BCUT2D eigenvalue weighted by atomic mass is 10.2. The van der Waals surface area contributed by atoms with Crippen molar-refractivity contribution in [1.82, 2.24) is 15.5 Å². The number of carbonyl (C=O) groups is 1. The minimum atomic E-state index is -0.457. The van der Waals surface area contributed by atoms with Gasteiger partial charge in [0.05, 0.1) is 6.54 Å². The number of amides is 1. The Balaban J connectivity index is 0.00000484. The van der Waals surface area contributed by atoms with Crippen molar-refractivity contribution in [2.45, 2.75) is 72.1 Å². The van der Waals surface area contributed by atoms with Crippen LogP contribution in [0.5, 0.6) is 0 Å². The zero-order valence-corrected chi connectivity index (χ0v) is 17.6. The molecule has 0 heterocycles. The summed E-state index contributed by atoms with van der Waals surface area (Å²) in [5.41, 5.74) is -0.457. The predicted molar refractivity (Wildman–Crippen MR) is 106 cm³/mol. The van der Waals surface area contributed by atoms with E-state index >= 15 is 0 Å². The summed E-state index contributed by atoms with van der Waals surface area (Å²) in [6.45, 7) is 13.8. The molecule has 1 amide bonds. The molecule has 1 rings (SSSR count). The van der Waals surface area contributed by atoms with Crippen molar-refractivity contribution in [3.63, 3.8) is 0 Å². The molecule has 1 aliphatic carbocycles. The summed E-state index contributed by atoms with van der Waals surface area (Å²) in [5.74, 6) is 0.789. The molecule has 23 heavy (non-hydrogen) atoms. The molecule has 0 aromatic carbocycles. The highest BCUT2D eigenvalue weighted by Gasteiger charge is 2.34. The summed E-state index contributed by atoms with van der Waals surface area (Å²) in [5, 5.41) is 6.48. The Morgan fingerprint density at radius 2 is 1.96 bits per heavy atom. The van der Waals surface area contributed by atoms with Crippen LogP contribution in [0.4, 0.5) is 4.79 Å². The first-order valence-corrected chi connectivity index (χ1v) is 8.27. The maximum absolute atomic E-state index is 12.2. The van der Waals surface area contributed by atoms with Crippen molar-refractivity contribution in [3.8, 4) is 0 Å². The number of carbonyl (C=O) groups excluding carboxylic acids is 1. The molecular weight excluding hydrogens is 407 g/mol. The van der Waals surface area contributed by atoms with Crippen LogP contribution in [0.15, 0.2) is 4.99 Å². The zero-order valence-electron chi connectivity index (χ0n) is 15.3. The molecule has 0 unspecified atom stereocenters. The van der Waals surface area contributed by atoms with Crippen LogP contribution in [0.25, 0.3) is 0 Å². The molecule has 6 nitrogen and oxygen atoms in total. The maximum atomic E-state index is 12.2. The molecule has 0 bridgehead atoms. The lowest BCUT2D eigenvalue weighted by Crippen LogP contribution is -2.42. The molecule has 0 spiro atoms. The Morgan fingerprint density at radius 3 is 2.39 bits per heavy atom. The van der Waals surface area contributed by atoms with Crippen molar-refractivity contribution < 1.29 is 9.53 Å². The Morgan fingerprint density at radius 1 is 1.35 bits per heavy atom. The fourth-order valence-electron chi connectivity index (χ4n) is 1.99. The van der Waals surface area contributed by atoms with Gasteiger partial charge in [0.2, 0.25) is 0 Å². The van der Waals surface area contributed by atoms with Gasteiger partial charge in [-0.05, 0) is 54.4 Å². The van der Waals surface area contributed by atoms with E-state index < -0.39 is 5.60 Å². The molecule has 0 radical (unpaired) electrons. The Hall–Kier alpha value is -0.730. The highest BCUT2D eigenvalue weighted by atomic mass is 127. The summed E-state index contributed by atoms with van der Waals surface area (Å²) in [4.78, 5) is 18.6. The second-order valence-electron chi connectivity index (χ2n) is 6.96. The normalized spacial score (nSPS) is 15.0. The SMILES string of the molecule is CCNC(=NCCN(C(=O)OC(C)(C)C)C1CC1)NC(C)C.I. The number of hydrogen-bond donors (Lipinski definition) is 2.